The molecule has 0 N–H and O–H groups in total. The summed E-state index contributed by atoms with van der Waals surface area (Å²) >= 11 is 0. The maximum absolute atomic E-state index is 12.3. The number of esters is 1. The van der Waals surface area contributed by atoms with Gasteiger partial charge in [0.15, 0.2) is 16.4 Å². The van der Waals surface area contributed by atoms with Crippen LogP contribution in [0.3, 0.4) is 0 Å². The molecule has 0 atom stereocenters. The fraction of sp³-hybridized carbons (Fsp3) is 0.368. The molecule has 0 aliphatic carbocycles. The number of ether oxygens (including phenoxy) is 1. The number of amides is 1. The molecule has 0 spiro atoms. The average Bonchev–Trinajstić information content (AvgIpc) is 2.72. The van der Waals surface area contributed by atoms with E-state index in [1.54, 1.807) is 35.5 Å². The largest absolute Gasteiger partial charge is 0.452 e. The number of anilines is 1. The average molecular weight is 418 g/mol. The van der Waals surface area contributed by atoms with E-state index in [9.17, 15) is 18.0 Å². The van der Waals surface area contributed by atoms with Crippen LogP contribution in [0, 0.1) is 0 Å². The number of aromatic nitrogens is 2. The molecule has 9 nitrogen and oxygen atoms in total. The number of rotatable bonds is 6. The summed E-state index contributed by atoms with van der Waals surface area (Å²) < 4.78 is 27.7. The summed E-state index contributed by atoms with van der Waals surface area (Å²) in [6.45, 7) is 1.85. The van der Waals surface area contributed by atoms with Crippen LogP contribution in [-0.2, 0) is 25.1 Å². The summed E-state index contributed by atoms with van der Waals surface area (Å²) in [5.74, 6) is -0.354. The Labute approximate surface area is 169 Å². The van der Waals surface area contributed by atoms with Crippen molar-refractivity contribution in [3.05, 3.63) is 53.9 Å². The number of carbonyl (C=O) groups excluding carboxylic acids is 2. The minimum absolute atomic E-state index is 0.0964. The molecule has 0 radical (unpaired) electrons. The molecule has 1 fully saturated rings. The zero-order valence-corrected chi connectivity index (χ0v) is 16.8. The summed E-state index contributed by atoms with van der Waals surface area (Å²) in [4.78, 5) is 36.5. The van der Waals surface area contributed by atoms with Crippen molar-refractivity contribution >= 4 is 27.7 Å². The summed E-state index contributed by atoms with van der Waals surface area (Å²) in [5, 5.41) is 0. The highest BCUT2D eigenvalue weighted by atomic mass is 32.2. The van der Waals surface area contributed by atoms with E-state index in [-0.39, 0.29) is 23.8 Å². The van der Waals surface area contributed by atoms with Crippen LogP contribution in [0.25, 0.3) is 0 Å². The van der Waals surface area contributed by atoms with Crippen LogP contribution in [0.15, 0.2) is 42.7 Å². The van der Waals surface area contributed by atoms with Crippen molar-refractivity contribution in [3.8, 4) is 0 Å². The molecule has 1 aliphatic rings. The molecule has 2 heterocycles. The first-order valence-electron chi connectivity index (χ1n) is 9.05. The molecule has 0 unspecified atom stereocenters. The number of hydrogen-bond acceptors (Lipinski definition) is 8. The van der Waals surface area contributed by atoms with E-state index in [2.05, 4.69) is 9.97 Å². The van der Waals surface area contributed by atoms with Crippen LogP contribution in [0.4, 0.5) is 5.95 Å². The molecular weight excluding hydrogens is 396 g/mol. The van der Waals surface area contributed by atoms with E-state index in [0.29, 0.717) is 37.7 Å². The van der Waals surface area contributed by atoms with Gasteiger partial charge in [-0.3, -0.25) is 4.79 Å². The van der Waals surface area contributed by atoms with E-state index in [1.165, 1.54) is 12.1 Å². The lowest BCUT2D eigenvalue weighted by Crippen LogP contribution is -2.50. The van der Waals surface area contributed by atoms with Gasteiger partial charge < -0.3 is 14.5 Å². The lowest BCUT2D eigenvalue weighted by molar-refractivity contribution is -0.134. The van der Waals surface area contributed by atoms with Gasteiger partial charge in [-0.25, -0.2) is 23.2 Å². The van der Waals surface area contributed by atoms with Gasteiger partial charge >= 0.3 is 5.97 Å². The Morgan fingerprint density at radius 1 is 1.03 bits per heavy atom. The molecule has 0 bridgehead atoms. The number of carbonyl (C=O) groups is 2. The normalized spacial score (nSPS) is 14.5. The van der Waals surface area contributed by atoms with E-state index < -0.39 is 15.8 Å². The van der Waals surface area contributed by atoms with Gasteiger partial charge in [-0.05, 0) is 23.8 Å². The zero-order chi connectivity index (χ0) is 20.9. The second kappa shape index (κ2) is 8.99. The van der Waals surface area contributed by atoms with Crippen molar-refractivity contribution in [2.75, 3.05) is 43.9 Å². The second-order valence-electron chi connectivity index (χ2n) is 6.76. The lowest BCUT2D eigenvalue weighted by Gasteiger charge is -2.34. The Bertz CT molecular complexity index is 956. The summed E-state index contributed by atoms with van der Waals surface area (Å²) in [6, 6.07) is 7.85. The Morgan fingerprint density at radius 2 is 1.66 bits per heavy atom. The zero-order valence-electron chi connectivity index (χ0n) is 16.0. The van der Waals surface area contributed by atoms with E-state index in [1.807, 2.05) is 4.90 Å². The lowest BCUT2D eigenvalue weighted by atomic mass is 10.1. The Kier molecular flexibility index (Phi) is 6.42. The van der Waals surface area contributed by atoms with Crippen molar-refractivity contribution in [1.29, 1.82) is 0 Å². The Morgan fingerprint density at radius 3 is 2.24 bits per heavy atom. The first-order valence-corrected chi connectivity index (χ1v) is 11.1. The monoisotopic (exact) mass is 418 g/mol. The van der Waals surface area contributed by atoms with Crippen molar-refractivity contribution in [2.45, 2.75) is 5.75 Å². The SMILES string of the molecule is CS(=O)(=O)Cc1ccc(C(=O)OCC(=O)N2CCN(c3ncccn3)CC2)cc1. The smallest absolute Gasteiger partial charge is 0.338 e. The van der Waals surface area contributed by atoms with Crippen LogP contribution in [0.2, 0.25) is 0 Å². The number of piperazine rings is 1. The topological polar surface area (TPSA) is 110 Å². The van der Waals surface area contributed by atoms with Crippen molar-refractivity contribution in [3.63, 3.8) is 0 Å². The molecule has 29 heavy (non-hydrogen) atoms. The molecule has 1 aliphatic heterocycles. The quantitative estimate of drug-likeness (QED) is 0.625. The van der Waals surface area contributed by atoms with E-state index >= 15 is 0 Å². The van der Waals surface area contributed by atoms with E-state index in [0.717, 1.165) is 6.26 Å². The first-order chi connectivity index (χ1) is 13.8. The molecule has 1 saturated heterocycles. The van der Waals surface area contributed by atoms with Gasteiger partial charge in [0.25, 0.3) is 5.91 Å². The van der Waals surface area contributed by atoms with Crippen molar-refractivity contribution < 1.29 is 22.7 Å². The van der Waals surface area contributed by atoms with Crippen LogP contribution in [0.1, 0.15) is 15.9 Å². The Balaban J connectivity index is 1.46. The summed E-state index contributed by atoms with van der Waals surface area (Å²) in [6.07, 6.45) is 4.49. The molecule has 1 aromatic heterocycles. The van der Waals surface area contributed by atoms with Gasteiger partial charge in [0.05, 0.1) is 11.3 Å². The van der Waals surface area contributed by atoms with Gasteiger partial charge in [0.2, 0.25) is 5.95 Å². The van der Waals surface area contributed by atoms with Crippen LogP contribution in [-0.4, -0.2) is 74.2 Å². The highest BCUT2D eigenvalue weighted by molar-refractivity contribution is 7.89. The number of benzene rings is 1. The third-order valence-electron chi connectivity index (χ3n) is 4.41. The van der Waals surface area contributed by atoms with Gasteiger partial charge in [0.1, 0.15) is 0 Å². The minimum Gasteiger partial charge on any atom is -0.452 e. The van der Waals surface area contributed by atoms with Gasteiger partial charge in [-0.2, -0.15) is 0 Å². The number of nitrogens with zero attached hydrogens (tertiary/aromatic N) is 4. The van der Waals surface area contributed by atoms with Gasteiger partial charge in [-0.1, -0.05) is 12.1 Å². The summed E-state index contributed by atoms with van der Waals surface area (Å²) in [5.41, 5.74) is 0.849. The Hall–Kier alpha value is -3.01. The molecule has 1 aromatic carbocycles. The molecule has 2 aromatic rings. The van der Waals surface area contributed by atoms with Gasteiger partial charge in [-0.15, -0.1) is 0 Å². The molecule has 3 rings (SSSR count). The molecule has 154 valence electrons. The first kappa shape index (κ1) is 20.7. The number of hydrogen-bond donors (Lipinski definition) is 0. The molecular formula is C19H22N4O5S. The second-order valence-corrected chi connectivity index (χ2v) is 8.90. The molecule has 1 amide bonds. The van der Waals surface area contributed by atoms with E-state index in [4.69, 9.17) is 4.74 Å². The highest BCUT2D eigenvalue weighted by Crippen LogP contribution is 2.11. The van der Waals surface area contributed by atoms with Crippen LogP contribution < -0.4 is 4.90 Å². The summed E-state index contributed by atoms with van der Waals surface area (Å²) in [7, 11) is -3.14. The maximum Gasteiger partial charge on any atom is 0.338 e. The van der Waals surface area contributed by atoms with Crippen LogP contribution >= 0.6 is 0 Å². The highest BCUT2D eigenvalue weighted by Gasteiger charge is 2.23. The number of sulfone groups is 1. The van der Waals surface area contributed by atoms with Crippen molar-refractivity contribution in [1.82, 2.24) is 14.9 Å². The third-order valence-corrected chi connectivity index (χ3v) is 5.27. The van der Waals surface area contributed by atoms with Crippen LogP contribution in [0.5, 0.6) is 0 Å². The molecule has 0 saturated carbocycles. The minimum atomic E-state index is -3.14. The maximum atomic E-state index is 12.3. The predicted octanol–water partition coefficient (Wildman–Crippen LogP) is 0.527. The van der Waals surface area contributed by atoms with Crippen molar-refractivity contribution in [2.24, 2.45) is 0 Å². The molecule has 10 heteroatoms. The standard InChI is InChI=1S/C19H22N4O5S/c1-29(26,27)14-15-3-5-16(6-4-15)18(25)28-13-17(24)22-9-11-23(12-10-22)19-20-7-2-8-21-19/h2-8H,9-14H2,1H3. The van der Waals surface area contributed by atoms with Gasteiger partial charge in [0, 0.05) is 44.8 Å². The third kappa shape index (κ3) is 5.98. The predicted molar refractivity (Wildman–Crippen MR) is 106 cm³/mol. The fourth-order valence-electron chi connectivity index (χ4n) is 2.95. The fourth-order valence-corrected chi connectivity index (χ4v) is 3.75.